The van der Waals surface area contributed by atoms with Crippen LogP contribution >= 0.6 is 11.6 Å². The lowest BCUT2D eigenvalue weighted by Gasteiger charge is -2.42. The number of Topliss-reactive ketones (excluding diaryl/α,β-unsaturated/α-hetero) is 1. The molecule has 10 nitrogen and oxygen atoms in total. The highest BCUT2D eigenvalue weighted by atomic mass is 35.5. The Balaban J connectivity index is 1.47. The van der Waals surface area contributed by atoms with Gasteiger partial charge in [0.25, 0.3) is 11.8 Å². The second-order valence-electron chi connectivity index (χ2n) is 11.5. The predicted octanol–water partition coefficient (Wildman–Crippen LogP) is 4.96. The van der Waals surface area contributed by atoms with Crippen molar-refractivity contribution < 1.29 is 46.9 Å². The number of carbonyl (C=O) groups is 4. The molecule has 1 aromatic heterocycles. The predicted molar refractivity (Wildman–Crippen MR) is 157 cm³/mol. The Labute approximate surface area is 265 Å². The molecule has 0 radical (unpaired) electrons. The fourth-order valence-electron chi connectivity index (χ4n) is 7.05. The van der Waals surface area contributed by atoms with Crippen LogP contribution in [0.25, 0.3) is 0 Å². The van der Waals surface area contributed by atoms with Gasteiger partial charge in [0, 0.05) is 47.4 Å². The van der Waals surface area contributed by atoms with Crippen LogP contribution in [-0.2, 0) is 25.4 Å². The van der Waals surface area contributed by atoms with Gasteiger partial charge in [-0.05, 0) is 43.9 Å². The van der Waals surface area contributed by atoms with Gasteiger partial charge in [0.2, 0.25) is 0 Å². The number of carbonyl (C=O) groups excluding carboxylic acids is 4. The first-order valence-corrected chi connectivity index (χ1v) is 14.6. The molecule has 2 aromatic rings. The molecule has 14 heteroatoms. The van der Waals surface area contributed by atoms with Gasteiger partial charge in [-0.2, -0.15) is 18.2 Å². The Bertz CT molecular complexity index is 1830. The fourth-order valence-corrected chi connectivity index (χ4v) is 7.27. The Morgan fingerprint density at radius 1 is 1.07 bits per heavy atom. The maximum Gasteiger partial charge on any atom is 0.433 e. The van der Waals surface area contributed by atoms with Crippen molar-refractivity contribution in [1.82, 2.24) is 9.99 Å². The minimum Gasteiger partial charge on any atom is -0.507 e. The van der Waals surface area contributed by atoms with Crippen LogP contribution in [0.5, 0.6) is 17.2 Å². The number of aromatic hydroxyl groups is 1. The largest absolute Gasteiger partial charge is 0.507 e. The molecule has 46 heavy (non-hydrogen) atoms. The van der Waals surface area contributed by atoms with E-state index in [1.165, 1.54) is 46.4 Å². The third kappa shape index (κ3) is 4.67. The number of nitrogens with zero attached hydrogens (tertiary/aromatic N) is 3. The number of ketones is 2. The average Bonchev–Trinajstić information content (AvgIpc) is 3.27. The van der Waals surface area contributed by atoms with Crippen LogP contribution in [0.1, 0.15) is 36.9 Å². The van der Waals surface area contributed by atoms with Crippen molar-refractivity contribution in [3.8, 4) is 17.2 Å². The number of hydrogen-bond acceptors (Lipinski definition) is 9. The Morgan fingerprint density at radius 2 is 1.78 bits per heavy atom. The third-order valence-corrected chi connectivity index (χ3v) is 9.40. The Kier molecular flexibility index (Phi) is 7.50. The minimum atomic E-state index is -4.81. The normalized spacial score (nSPS) is 24.3. The summed E-state index contributed by atoms with van der Waals surface area (Å²) in [7, 11) is 3.99. The smallest absolute Gasteiger partial charge is 0.433 e. The van der Waals surface area contributed by atoms with Crippen molar-refractivity contribution in [3.63, 3.8) is 0 Å². The van der Waals surface area contributed by atoms with Crippen molar-refractivity contribution in [2.45, 2.75) is 31.9 Å². The van der Waals surface area contributed by atoms with E-state index in [1.54, 1.807) is 6.08 Å². The van der Waals surface area contributed by atoms with Crippen LogP contribution in [0.4, 0.5) is 19.0 Å². The summed E-state index contributed by atoms with van der Waals surface area (Å²) in [6.07, 6.45) is -1.85. The summed E-state index contributed by atoms with van der Waals surface area (Å²) in [4.78, 5) is 58.6. The van der Waals surface area contributed by atoms with E-state index >= 15 is 0 Å². The highest BCUT2D eigenvalue weighted by Crippen LogP contribution is 2.58. The molecule has 0 saturated carbocycles. The van der Waals surface area contributed by atoms with Gasteiger partial charge in [-0.25, -0.2) is 4.98 Å². The van der Waals surface area contributed by atoms with Gasteiger partial charge in [-0.15, -0.1) is 0 Å². The molecule has 6 rings (SSSR count). The molecule has 1 aromatic carbocycles. The summed E-state index contributed by atoms with van der Waals surface area (Å²) >= 11 is 6.19. The summed E-state index contributed by atoms with van der Waals surface area (Å²) in [5.41, 5.74) is -0.0299. The number of alkyl halides is 3. The number of allylic oxidation sites excluding steroid dienone is 6. The second kappa shape index (κ2) is 11.0. The number of fused-ring (bicyclic) bond motifs is 3. The molecule has 3 aliphatic carbocycles. The van der Waals surface area contributed by atoms with Gasteiger partial charge in [0.15, 0.2) is 17.4 Å². The zero-order chi connectivity index (χ0) is 33.4. The number of methoxy groups -OCH3 is 2. The molecule has 4 atom stereocenters. The van der Waals surface area contributed by atoms with Crippen LogP contribution in [0, 0.1) is 17.8 Å². The van der Waals surface area contributed by atoms with Gasteiger partial charge in [-0.1, -0.05) is 23.3 Å². The number of imide groups is 1. The van der Waals surface area contributed by atoms with E-state index in [4.69, 9.17) is 21.1 Å². The van der Waals surface area contributed by atoms with E-state index in [-0.39, 0.29) is 57.4 Å². The van der Waals surface area contributed by atoms with Gasteiger partial charge in [0.1, 0.15) is 22.9 Å². The number of ether oxygens (including phenoxy) is 2. The van der Waals surface area contributed by atoms with Gasteiger partial charge >= 0.3 is 6.18 Å². The van der Waals surface area contributed by atoms with Crippen LogP contribution in [-0.4, -0.2) is 59.7 Å². The number of anilines is 1. The van der Waals surface area contributed by atoms with Gasteiger partial charge in [0.05, 0.1) is 31.1 Å². The van der Waals surface area contributed by atoms with Crippen LogP contribution in [0.3, 0.4) is 0 Å². The van der Waals surface area contributed by atoms with Gasteiger partial charge < -0.3 is 14.6 Å². The molecule has 1 saturated heterocycles. The number of halogens is 4. The molecule has 1 N–H and O–H groups in total. The summed E-state index contributed by atoms with van der Waals surface area (Å²) < 4.78 is 51.3. The maximum atomic E-state index is 14.2. The van der Waals surface area contributed by atoms with Crippen LogP contribution < -0.4 is 14.5 Å². The first-order chi connectivity index (χ1) is 21.7. The van der Waals surface area contributed by atoms with Crippen molar-refractivity contribution in [2.24, 2.45) is 17.8 Å². The highest BCUT2D eigenvalue weighted by Gasteiger charge is 2.58. The number of phenols is 1. The topological polar surface area (TPSA) is 126 Å². The lowest BCUT2D eigenvalue weighted by Crippen LogP contribution is -2.46. The molecule has 1 fully saturated rings. The number of pyridine rings is 1. The number of amides is 2. The second-order valence-corrected chi connectivity index (χ2v) is 11.9. The van der Waals surface area contributed by atoms with E-state index in [9.17, 15) is 37.5 Å². The van der Waals surface area contributed by atoms with E-state index in [1.807, 2.05) is 0 Å². The monoisotopic (exact) mass is 657 g/mol. The number of hydrogen-bond donors (Lipinski definition) is 1. The first kappa shape index (κ1) is 31.3. The molecule has 0 spiro atoms. The molecule has 0 bridgehead atoms. The van der Waals surface area contributed by atoms with E-state index < -0.39 is 64.7 Å². The maximum absolute atomic E-state index is 14.2. The fraction of sp³-hybridized carbons (Fsp3) is 0.344. The van der Waals surface area contributed by atoms with Crippen molar-refractivity contribution >= 4 is 40.8 Å². The summed E-state index contributed by atoms with van der Waals surface area (Å²) in [6, 6.07) is 4.54. The standard InChI is InChI=1S/C32H27ClF3N3O7/c1-13-9-20(40)18-12-17-15(25(26(18)28(13)42)27-21(41)10-14(45-3)11-22(27)46-4)5-6-16-24(17)31(44)39(30(16)43)38(2)29-19(33)7-8-23(37-29)32(34,35)36/h5,7-11,16-17,24-25,41H,6,12H2,1-4H3/t16-,17+,24-,25-/m0/s1. The van der Waals surface area contributed by atoms with Crippen molar-refractivity contribution in [3.05, 3.63) is 75.0 Å². The number of benzene rings is 1. The summed E-state index contributed by atoms with van der Waals surface area (Å²) in [5, 5.41) is 12.7. The minimum absolute atomic E-state index is 0.0461. The Hall–Kier alpha value is -4.65. The summed E-state index contributed by atoms with van der Waals surface area (Å²) in [5.74, 6) is -6.27. The zero-order valence-corrected chi connectivity index (χ0v) is 25.7. The zero-order valence-electron chi connectivity index (χ0n) is 24.9. The molecular formula is C32H27ClF3N3O7. The van der Waals surface area contributed by atoms with E-state index in [0.717, 1.165) is 16.1 Å². The molecule has 0 unspecified atom stereocenters. The quantitative estimate of drug-likeness (QED) is 0.270. The summed E-state index contributed by atoms with van der Waals surface area (Å²) in [6.45, 7) is 1.52. The molecule has 240 valence electrons. The molecule has 2 amide bonds. The average molecular weight is 658 g/mol. The number of aromatic nitrogens is 1. The van der Waals surface area contributed by atoms with E-state index in [0.29, 0.717) is 11.6 Å². The number of rotatable bonds is 5. The number of phenolic OH excluding ortho intramolecular Hbond substituents is 1. The molecule has 2 heterocycles. The Morgan fingerprint density at radius 3 is 2.43 bits per heavy atom. The van der Waals surface area contributed by atoms with Crippen molar-refractivity contribution in [2.75, 3.05) is 26.3 Å². The first-order valence-electron chi connectivity index (χ1n) is 14.2. The number of hydrazine groups is 1. The molecular weight excluding hydrogens is 631 g/mol. The van der Waals surface area contributed by atoms with E-state index in [2.05, 4.69) is 4.98 Å². The lowest BCUT2D eigenvalue weighted by molar-refractivity contribution is -0.141. The van der Waals surface area contributed by atoms with Crippen LogP contribution in [0.15, 0.2) is 58.7 Å². The molecule has 4 aliphatic rings. The molecule has 1 aliphatic heterocycles. The highest BCUT2D eigenvalue weighted by molar-refractivity contribution is 6.33. The van der Waals surface area contributed by atoms with Gasteiger partial charge in [-0.3, -0.25) is 24.2 Å². The third-order valence-electron chi connectivity index (χ3n) is 9.10. The SMILES string of the molecule is COc1cc(O)c([C@H]2C3=CC[C@@H]4C(=O)N(N(C)c5nc(C(F)(F)F)ccc5Cl)C(=O)[C@@H]4[C@@H]3CC3=C2C(=O)C(C)=CC3=O)c(OC)c1. The van der Waals surface area contributed by atoms with Crippen LogP contribution in [0.2, 0.25) is 5.02 Å². The van der Waals surface area contributed by atoms with Crippen molar-refractivity contribution in [1.29, 1.82) is 0 Å². The lowest BCUT2D eigenvalue weighted by atomic mass is 9.59.